The van der Waals surface area contributed by atoms with E-state index in [4.69, 9.17) is 0 Å². The van der Waals surface area contributed by atoms with Gasteiger partial charge < -0.3 is 5.11 Å². The molecule has 6 heteroatoms. The molecule has 1 N–H and O–H groups in total. The summed E-state index contributed by atoms with van der Waals surface area (Å²) in [6, 6.07) is 14.8. The smallest absolute Gasteiger partial charge is 0.339 e. The van der Waals surface area contributed by atoms with Gasteiger partial charge >= 0.3 is 5.97 Å². The van der Waals surface area contributed by atoms with E-state index in [0.717, 1.165) is 16.7 Å². The van der Waals surface area contributed by atoms with Crippen molar-refractivity contribution in [2.75, 3.05) is 0 Å². The Bertz CT molecular complexity index is 1030. The number of nitrogens with zero attached hydrogens (tertiary/aromatic N) is 4. The summed E-state index contributed by atoms with van der Waals surface area (Å²) in [4.78, 5) is 20.1. The lowest BCUT2D eigenvalue weighted by Gasteiger charge is -2.04. The number of carbonyl (C=O) groups is 1. The number of hydrogen-bond acceptors (Lipinski definition) is 4. The maximum atomic E-state index is 11.7. The maximum Gasteiger partial charge on any atom is 0.339 e. The van der Waals surface area contributed by atoms with Crippen LogP contribution in [0.4, 0.5) is 0 Å². The van der Waals surface area contributed by atoms with E-state index in [1.54, 1.807) is 30.7 Å². The van der Waals surface area contributed by atoms with Crippen LogP contribution < -0.4 is 0 Å². The molecule has 0 aliphatic rings. The first-order valence-electron chi connectivity index (χ1n) is 7.32. The zero-order chi connectivity index (χ0) is 16.5. The monoisotopic (exact) mass is 316 g/mol. The second-order valence-corrected chi connectivity index (χ2v) is 5.26. The molecule has 0 atom stereocenters. The molecule has 0 amide bonds. The topological polar surface area (TPSA) is 80.4 Å². The molecule has 0 fully saturated rings. The predicted molar refractivity (Wildman–Crippen MR) is 88.6 cm³/mol. The van der Waals surface area contributed by atoms with Crippen molar-refractivity contribution in [2.24, 2.45) is 0 Å². The van der Waals surface area contributed by atoms with Crippen LogP contribution in [0.3, 0.4) is 0 Å². The molecule has 0 spiro atoms. The fourth-order valence-electron chi connectivity index (χ4n) is 2.55. The molecule has 4 rings (SSSR count). The Hall–Kier alpha value is -3.54. The molecular formula is C18H12N4O2. The minimum atomic E-state index is -1.04. The van der Waals surface area contributed by atoms with Crippen LogP contribution >= 0.6 is 0 Å². The van der Waals surface area contributed by atoms with E-state index in [1.807, 2.05) is 36.4 Å². The van der Waals surface area contributed by atoms with Crippen LogP contribution in [0.1, 0.15) is 10.4 Å². The van der Waals surface area contributed by atoms with E-state index >= 15 is 0 Å². The SMILES string of the molecule is O=C(O)c1cc(-c2ccccc2)cn2nc(-c3cccnc3)nc12. The van der Waals surface area contributed by atoms with Gasteiger partial charge in [-0.25, -0.2) is 14.3 Å². The predicted octanol–water partition coefficient (Wildman–Crippen LogP) is 3.16. The van der Waals surface area contributed by atoms with Crippen LogP contribution in [-0.2, 0) is 0 Å². The van der Waals surface area contributed by atoms with E-state index < -0.39 is 5.97 Å². The first kappa shape index (κ1) is 14.1. The molecule has 0 saturated carbocycles. The van der Waals surface area contributed by atoms with Gasteiger partial charge in [0.2, 0.25) is 0 Å². The molecule has 0 radical (unpaired) electrons. The molecule has 0 unspecified atom stereocenters. The number of carboxylic acids is 1. The van der Waals surface area contributed by atoms with Crippen molar-refractivity contribution in [2.45, 2.75) is 0 Å². The normalized spacial score (nSPS) is 10.8. The first-order chi connectivity index (χ1) is 11.7. The largest absolute Gasteiger partial charge is 0.478 e. The van der Waals surface area contributed by atoms with Crippen molar-refractivity contribution in [3.63, 3.8) is 0 Å². The number of rotatable bonds is 3. The molecule has 1 aromatic carbocycles. The summed E-state index contributed by atoms with van der Waals surface area (Å²) in [6.07, 6.45) is 5.09. The molecule has 4 aromatic rings. The fourth-order valence-corrected chi connectivity index (χ4v) is 2.55. The summed E-state index contributed by atoms with van der Waals surface area (Å²) in [6.45, 7) is 0. The van der Waals surface area contributed by atoms with Gasteiger partial charge in [0.15, 0.2) is 11.5 Å². The highest BCUT2D eigenvalue weighted by atomic mass is 16.4. The third-order valence-electron chi connectivity index (χ3n) is 3.69. The molecule has 0 saturated heterocycles. The summed E-state index contributed by atoms with van der Waals surface area (Å²) in [5.41, 5.74) is 2.84. The molecular weight excluding hydrogens is 304 g/mol. The van der Waals surface area contributed by atoms with Gasteiger partial charge in [-0.1, -0.05) is 30.3 Å². The molecule has 24 heavy (non-hydrogen) atoms. The van der Waals surface area contributed by atoms with E-state index in [1.165, 1.54) is 4.52 Å². The minimum absolute atomic E-state index is 0.110. The first-order valence-corrected chi connectivity index (χ1v) is 7.32. The van der Waals surface area contributed by atoms with Crippen LogP contribution in [0, 0.1) is 0 Å². The lowest BCUT2D eigenvalue weighted by molar-refractivity contribution is 0.0698. The second kappa shape index (κ2) is 5.58. The fraction of sp³-hybridized carbons (Fsp3) is 0. The molecule has 6 nitrogen and oxygen atoms in total. The second-order valence-electron chi connectivity index (χ2n) is 5.26. The standard InChI is InChI=1S/C18H12N4O2/c23-18(24)15-9-14(12-5-2-1-3-6-12)11-22-17(15)20-16(21-22)13-7-4-8-19-10-13/h1-11H,(H,23,24). The lowest BCUT2D eigenvalue weighted by Crippen LogP contribution is -2.02. The Morgan fingerprint density at radius 3 is 2.50 bits per heavy atom. The number of fused-ring (bicyclic) bond motifs is 1. The molecule has 116 valence electrons. The molecule has 0 bridgehead atoms. The number of pyridine rings is 2. The number of hydrogen-bond donors (Lipinski definition) is 1. The highest BCUT2D eigenvalue weighted by molar-refractivity contribution is 5.96. The van der Waals surface area contributed by atoms with E-state index in [9.17, 15) is 9.90 Å². The average Bonchev–Trinajstić information content (AvgIpc) is 3.06. The van der Waals surface area contributed by atoms with Crippen LogP contribution in [0.5, 0.6) is 0 Å². The Morgan fingerprint density at radius 1 is 1.00 bits per heavy atom. The summed E-state index contributed by atoms with van der Waals surface area (Å²) in [5.74, 6) is -0.598. The van der Waals surface area contributed by atoms with Crippen molar-refractivity contribution in [1.29, 1.82) is 0 Å². The Kier molecular flexibility index (Phi) is 3.28. The van der Waals surface area contributed by atoms with E-state index in [0.29, 0.717) is 11.5 Å². The quantitative estimate of drug-likeness (QED) is 0.628. The van der Waals surface area contributed by atoms with Gasteiger partial charge in [-0.2, -0.15) is 0 Å². The molecule has 0 aliphatic heterocycles. The van der Waals surface area contributed by atoms with Gasteiger partial charge in [0.1, 0.15) is 5.56 Å². The number of aromatic carboxylic acids is 1. The maximum absolute atomic E-state index is 11.7. The van der Waals surface area contributed by atoms with Crippen LogP contribution in [0.2, 0.25) is 0 Å². The Labute approximate surface area is 137 Å². The highest BCUT2D eigenvalue weighted by Gasteiger charge is 2.16. The zero-order valence-electron chi connectivity index (χ0n) is 12.5. The summed E-state index contributed by atoms with van der Waals surface area (Å²) >= 11 is 0. The van der Waals surface area contributed by atoms with Gasteiger partial charge in [-0.15, -0.1) is 5.10 Å². The molecule has 3 heterocycles. The lowest BCUT2D eigenvalue weighted by atomic mass is 10.1. The van der Waals surface area contributed by atoms with Crippen LogP contribution in [-0.4, -0.2) is 30.7 Å². The van der Waals surface area contributed by atoms with Gasteiger partial charge in [-0.3, -0.25) is 4.98 Å². The zero-order valence-corrected chi connectivity index (χ0v) is 12.5. The third kappa shape index (κ3) is 2.40. The van der Waals surface area contributed by atoms with E-state index in [-0.39, 0.29) is 5.56 Å². The van der Waals surface area contributed by atoms with Crippen molar-refractivity contribution in [1.82, 2.24) is 19.6 Å². The van der Waals surface area contributed by atoms with Crippen molar-refractivity contribution >= 4 is 11.6 Å². The summed E-state index contributed by atoms with van der Waals surface area (Å²) in [7, 11) is 0. The van der Waals surface area contributed by atoms with Crippen LogP contribution in [0.25, 0.3) is 28.2 Å². The highest BCUT2D eigenvalue weighted by Crippen LogP contribution is 2.24. The number of aromatic nitrogens is 4. The van der Waals surface area contributed by atoms with E-state index in [2.05, 4.69) is 15.1 Å². The van der Waals surface area contributed by atoms with Crippen molar-refractivity contribution < 1.29 is 9.90 Å². The third-order valence-corrected chi connectivity index (χ3v) is 3.69. The van der Waals surface area contributed by atoms with Gasteiger partial charge in [0.05, 0.1) is 0 Å². The number of benzene rings is 1. The Morgan fingerprint density at radius 2 is 1.79 bits per heavy atom. The number of carboxylic acid groups (broad SMARTS) is 1. The van der Waals surface area contributed by atoms with Crippen LogP contribution in [0.15, 0.2) is 67.1 Å². The van der Waals surface area contributed by atoms with Gasteiger partial charge in [-0.05, 0) is 23.8 Å². The van der Waals surface area contributed by atoms with Gasteiger partial charge in [0, 0.05) is 29.7 Å². The minimum Gasteiger partial charge on any atom is -0.478 e. The Balaban J connectivity index is 1.95. The van der Waals surface area contributed by atoms with Crippen molar-refractivity contribution in [3.8, 4) is 22.5 Å². The molecule has 0 aliphatic carbocycles. The average molecular weight is 316 g/mol. The molecule has 3 aromatic heterocycles. The summed E-state index contributed by atoms with van der Waals surface area (Å²) in [5, 5.41) is 14.0. The summed E-state index contributed by atoms with van der Waals surface area (Å²) < 4.78 is 1.51. The van der Waals surface area contributed by atoms with Crippen molar-refractivity contribution in [3.05, 3.63) is 72.7 Å². The van der Waals surface area contributed by atoms with Gasteiger partial charge in [0.25, 0.3) is 0 Å².